The maximum atomic E-state index is 5.66. The minimum absolute atomic E-state index is 0.540. The monoisotopic (exact) mass is 261 g/mol. The van der Waals surface area contributed by atoms with Gasteiger partial charge in [-0.3, -0.25) is 0 Å². The van der Waals surface area contributed by atoms with Gasteiger partial charge >= 0.3 is 0 Å². The average Bonchev–Trinajstić information content (AvgIpc) is 2.79. The molecule has 0 saturated carbocycles. The minimum atomic E-state index is 0.540. The minimum Gasteiger partial charge on any atom is -0.377 e. The summed E-state index contributed by atoms with van der Waals surface area (Å²) in [4.78, 5) is 2.59. The molecule has 0 spiro atoms. The van der Waals surface area contributed by atoms with E-state index in [1.807, 2.05) is 0 Å². The highest BCUT2D eigenvalue weighted by Crippen LogP contribution is 2.22. The van der Waals surface area contributed by atoms with Crippen molar-refractivity contribution in [2.75, 3.05) is 31.6 Å². The van der Waals surface area contributed by atoms with Crippen LogP contribution in [0.5, 0.6) is 0 Å². The molecular formula is C11H20BrNO. The Morgan fingerprint density at radius 1 is 1.36 bits per heavy atom. The lowest BCUT2D eigenvalue weighted by Crippen LogP contribution is -2.30. The fourth-order valence-corrected chi connectivity index (χ4v) is 3.19. The summed E-state index contributed by atoms with van der Waals surface area (Å²) in [5.74, 6) is 0.927. The van der Waals surface area contributed by atoms with Gasteiger partial charge in [0, 0.05) is 25.0 Å². The first-order valence-electron chi connectivity index (χ1n) is 5.78. The first kappa shape index (κ1) is 10.9. The molecule has 14 heavy (non-hydrogen) atoms. The van der Waals surface area contributed by atoms with Gasteiger partial charge in [0.1, 0.15) is 0 Å². The van der Waals surface area contributed by atoms with Gasteiger partial charge in [0.15, 0.2) is 0 Å². The molecule has 2 unspecified atom stereocenters. The van der Waals surface area contributed by atoms with Crippen molar-refractivity contribution in [3.8, 4) is 0 Å². The molecule has 0 aromatic rings. The molecule has 2 saturated heterocycles. The molecule has 0 radical (unpaired) electrons. The van der Waals surface area contributed by atoms with Crippen LogP contribution in [0.2, 0.25) is 0 Å². The highest BCUT2D eigenvalue weighted by molar-refractivity contribution is 9.09. The van der Waals surface area contributed by atoms with Crippen molar-refractivity contribution < 1.29 is 4.74 Å². The molecule has 2 fully saturated rings. The second kappa shape index (κ2) is 5.47. The first-order chi connectivity index (χ1) is 6.88. The Balaban J connectivity index is 1.67. The molecule has 0 bridgehead atoms. The summed E-state index contributed by atoms with van der Waals surface area (Å²) in [5, 5.41) is 1.16. The summed E-state index contributed by atoms with van der Waals surface area (Å²) < 4.78 is 5.66. The van der Waals surface area contributed by atoms with Crippen molar-refractivity contribution in [2.24, 2.45) is 5.92 Å². The number of hydrogen-bond acceptors (Lipinski definition) is 2. The molecule has 0 amide bonds. The fraction of sp³-hybridized carbons (Fsp3) is 1.00. The zero-order valence-corrected chi connectivity index (χ0v) is 10.3. The topological polar surface area (TPSA) is 12.5 Å². The first-order valence-corrected chi connectivity index (χ1v) is 6.90. The Labute approximate surface area is 95.1 Å². The van der Waals surface area contributed by atoms with Crippen molar-refractivity contribution in [3.63, 3.8) is 0 Å². The van der Waals surface area contributed by atoms with E-state index in [9.17, 15) is 0 Å². The van der Waals surface area contributed by atoms with Crippen LogP contribution in [0, 0.1) is 5.92 Å². The molecule has 0 aromatic carbocycles. The average molecular weight is 262 g/mol. The summed E-state index contributed by atoms with van der Waals surface area (Å²) >= 11 is 3.52. The zero-order chi connectivity index (χ0) is 9.80. The lowest BCUT2D eigenvalue weighted by molar-refractivity contribution is 0.0796. The quantitative estimate of drug-likeness (QED) is 0.721. The van der Waals surface area contributed by atoms with Crippen LogP contribution in [0.4, 0.5) is 0 Å². The summed E-state index contributed by atoms with van der Waals surface area (Å²) in [6.45, 7) is 4.76. The van der Waals surface area contributed by atoms with E-state index in [4.69, 9.17) is 4.74 Å². The van der Waals surface area contributed by atoms with Crippen LogP contribution >= 0.6 is 15.9 Å². The van der Waals surface area contributed by atoms with Crippen molar-refractivity contribution >= 4 is 15.9 Å². The molecule has 3 heteroatoms. The van der Waals surface area contributed by atoms with Crippen molar-refractivity contribution in [2.45, 2.75) is 31.8 Å². The number of hydrogen-bond donors (Lipinski definition) is 0. The third-order valence-corrected chi connectivity index (χ3v) is 3.83. The van der Waals surface area contributed by atoms with E-state index in [0.29, 0.717) is 6.10 Å². The summed E-state index contributed by atoms with van der Waals surface area (Å²) in [6, 6.07) is 0. The maximum Gasteiger partial charge on any atom is 0.0702 e. The van der Waals surface area contributed by atoms with E-state index < -0.39 is 0 Å². The molecule has 0 N–H and O–H groups in total. The molecule has 2 atom stereocenters. The van der Waals surface area contributed by atoms with E-state index in [1.54, 1.807) is 0 Å². The van der Waals surface area contributed by atoms with Crippen molar-refractivity contribution in [1.29, 1.82) is 0 Å². The van der Waals surface area contributed by atoms with Gasteiger partial charge in [-0.15, -0.1) is 0 Å². The van der Waals surface area contributed by atoms with Gasteiger partial charge in [0.05, 0.1) is 6.10 Å². The molecule has 2 nitrogen and oxygen atoms in total. The number of likely N-dealkylation sites (tertiary alicyclic amines) is 1. The molecule has 0 aliphatic carbocycles. The standard InChI is InChI=1S/C11H20BrNO/c12-5-3-10-4-6-13(8-10)9-11-2-1-7-14-11/h10-11H,1-9H2. The van der Waals surface area contributed by atoms with E-state index in [0.717, 1.165) is 17.9 Å². The number of ether oxygens (including phenoxy) is 1. The fourth-order valence-electron chi connectivity index (χ4n) is 2.54. The second-order valence-corrected chi connectivity index (χ2v) is 5.32. The van der Waals surface area contributed by atoms with Gasteiger partial charge in [0.25, 0.3) is 0 Å². The number of halogens is 1. The molecule has 2 aliphatic heterocycles. The zero-order valence-electron chi connectivity index (χ0n) is 8.75. The van der Waals surface area contributed by atoms with E-state index in [2.05, 4.69) is 20.8 Å². The molecular weight excluding hydrogens is 242 g/mol. The Bertz CT molecular complexity index is 171. The summed E-state index contributed by atoms with van der Waals surface area (Å²) in [5.41, 5.74) is 0. The van der Waals surface area contributed by atoms with Crippen molar-refractivity contribution in [3.05, 3.63) is 0 Å². The third-order valence-electron chi connectivity index (χ3n) is 3.37. The Morgan fingerprint density at radius 2 is 2.29 bits per heavy atom. The lowest BCUT2D eigenvalue weighted by Gasteiger charge is -2.19. The second-order valence-electron chi connectivity index (χ2n) is 4.53. The van der Waals surface area contributed by atoms with Crippen LogP contribution in [-0.4, -0.2) is 42.6 Å². The number of nitrogens with zero attached hydrogens (tertiary/aromatic N) is 1. The molecule has 82 valence electrons. The highest BCUT2D eigenvalue weighted by atomic mass is 79.9. The SMILES string of the molecule is BrCCC1CCN(CC2CCCO2)C1. The van der Waals surface area contributed by atoms with Gasteiger partial charge in [-0.05, 0) is 38.1 Å². The van der Waals surface area contributed by atoms with Crippen LogP contribution in [0.3, 0.4) is 0 Å². The lowest BCUT2D eigenvalue weighted by atomic mass is 10.1. The van der Waals surface area contributed by atoms with Crippen LogP contribution in [0.15, 0.2) is 0 Å². The maximum absolute atomic E-state index is 5.66. The van der Waals surface area contributed by atoms with E-state index >= 15 is 0 Å². The molecule has 2 rings (SSSR count). The summed E-state index contributed by atoms with van der Waals surface area (Å²) in [7, 11) is 0. The largest absolute Gasteiger partial charge is 0.377 e. The van der Waals surface area contributed by atoms with Crippen LogP contribution in [0.1, 0.15) is 25.7 Å². The van der Waals surface area contributed by atoms with Gasteiger partial charge in [0.2, 0.25) is 0 Å². The Morgan fingerprint density at radius 3 is 3.00 bits per heavy atom. The van der Waals surface area contributed by atoms with Crippen LogP contribution in [0.25, 0.3) is 0 Å². The van der Waals surface area contributed by atoms with E-state index in [1.165, 1.54) is 45.3 Å². The van der Waals surface area contributed by atoms with Gasteiger partial charge in [-0.1, -0.05) is 15.9 Å². The van der Waals surface area contributed by atoms with Crippen LogP contribution in [-0.2, 0) is 4.74 Å². The molecule has 2 heterocycles. The normalized spacial score (nSPS) is 34.1. The van der Waals surface area contributed by atoms with E-state index in [-0.39, 0.29) is 0 Å². The summed E-state index contributed by atoms with van der Waals surface area (Å²) in [6.07, 6.45) is 5.81. The molecule has 0 aromatic heterocycles. The predicted octanol–water partition coefficient (Wildman–Crippen LogP) is 2.27. The van der Waals surface area contributed by atoms with Crippen molar-refractivity contribution in [1.82, 2.24) is 4.90 Å². The number of rotatable bonds is 4. The Kier molecular flexibility index (Phi) is 4.26. The Hall–Kier alpha value is 0.400. The predicted molar refractivity (Wildman–Crippen MR) is 61.9 cm³/mol. The van der Waals surface area contributed by atoms with Gasteiger partial charge < -0.3 is 9.64 Å². The number of alkyl halides is 1. The molecule has 2 aliphatic rings. The third kappa shape index (κ3) is 2.94. The van der Waals surface area contributed by atoms with Gasteiger partial charge in [-0.25, -0.2) is 0 Å². The van der Waals surface area contributed by atoms with Crippen LogP contribution < -0.4 is 0 Å². The van der Waals surface area contributed by atoms with Gasteiger partial charge in [-0.2, -0.15) is 0 Å². The smallest absolute Gasteiger partial charge is 0.0702 e. The highest BCUT2D eigenvalue weighted by Gasteiger charge is 2.25.